The zero-order valence-electron chi connectivity index (χ0n) is 6.24. The minimum absolute atomic E-state index is 0.0909. The van der Waals surface area contributed by atoms with Gasteiger partial charge >= 0.3 is 5.97 Å². The first-order chi connectivity index (χ1) is 5.65. The molecule has 1 aromatic rings. The predicted octanol–water partition coefficient (Wildman–Crippen LogP) is 1.55. The molecule has 1 aromatic heterocycles. The second kappa shape index (κ2) is 3.53. The van der Waals surface area contributed by atoms with Crippen molar-refractivity contribution < 1.29 is 14.6 Å². The number of methoxy groups -OCH3 is 1. The molecule has 1 heterocycles. The van der Waals surface area contributed by atoms with Crippen molar-refractivity contribution in [1.29, 1.82) is 0 Å². The molecule has 0 unspecified atom stereocenters. The summed E-state index contributed by atoms with van der Waals surface area (Å²) in [7, 11) is 1.40. The van der Waals surface area contributed by atoms with Gasteiger partial charge in [0.2, 0.25) is 0 Å². The largest absolute Gasteiger partial charge is 0.494 e. The van der Waals surface area contributed by atoms with Crippen LogP contribution in [0.25, 0.3) is 0 Å². The second-order valence-electron chi connectivity index (χ2n) is 1.99. The Kier molecular flexibility index (Phi) is 2.65. The molecule has 0 saturated carbocycles. The van der Waals surface area contributed by atoms with Crippen molar-refractivity contribution in [3.63, 3.8) is 0 Å². The maximum Gasteiger partial charge on any atom is 0.358 e. The molecule has 0 radical (unpaired) electrons. The molecule has 0 aliphatic heterocycles. The fourth-order valence-corrected chi connectivity index (χ4v) is 1.05. The Bertz CT molecular complexity index is 314. The Morgan fingerprint density at radius 3 is 2.83 bits per heavy atom. The zero-order chi connectivity index (χ0) is 9.14. The van der Waals surface area contributed by atoms with E-state index in [1.165, 1.54) is 7.11 Å². The molecule has 4 nitrogen and oxygen atoms in total. The SMILES string of the molecule is COc1ccc(Br)nc1C(=O)O. The Morgan fingerprint density at radius 2 is 2.33 bits per heavy atom. The van der Waals surface area contributed by atoms with Crippen molar-refractivity contribution in [1.82, 2.24) is 4.98 Å². The lowest BCUT2D eigenvalue weighted by molar-refractivity contribution is 0.0686. The molecule has 1 rings (SSSR count). The van der Waals surface area contributed by atoms with Crippen LogP contribution in [0.3, 0.4) is 0 Å². The first-order valence-electron chi connectivity index (χ1n) is 3.09. The van der Waals surface area contributed by atoms with Gasteiger partial charge in [-0.05, 0) is 28.1 Å². The zero-order valence-corrected chi connectivity index (χ0v) is 7.83. The van der Waals surface area contributed by atoms with Gasteiger partial charge in [-0.1, -0.05) is 0 Å². The van der Waals surface area contributed by atoms with Crippen molar-refractivity contribution in [3.8, 4) is 5.75 Å². The lowest BCUT2D eigenvalue weighted by Gasteiger charge is -2.02. The summed E-state index contributed by atoms with van der Waals surface area (Å²) in [5, 5.41) is 8.66. The fraction of sp³-hybridized carbons (Fsp3) is 0.143. The molecular weight excluding hydrogens is 226 g/mol. The Labute approximate surface area is 77.3 Å². The number of ether oxygens (including phenoxy) is 1. The van der Waals surface area contributed by atoms with Crippen LogP contribution < -0.4 is 4.74 Å². The van der Waals surface area contributed by atoms with Gasteiger partial charge in [-0.3, -0.25) is 0 Å². The molecule has 12 heavy (non-hydrogen) atoms. The van der Waals surface area contributed by atoms with Gasteiger partial charge in [0.15, 0.2) is 11.4 Å². The summed E-state index contributed by atoms with van der Waals surface area (Å²) in [4.78, 5) is 14.3. The van der Waals surface area contributed by atoms with E-state index in [-0.39, 0.29) is 11.4 Å². The number of aromatic nitrogens is 1. The highest BCUT2D eigenvalue weighted by Crippen LogP contribution is 2.18. The van der Waals surface area contributed by atoms with E-state index in [1.54, 1.807) is 12.1 Å². The van der Waals surface area contributed by atoms with E-state index in [9.17, 15) is 4.79 Å². The van der Waals surface area contributed by atoms with Crippen LogP contribution in [0.1, 0.15) is 10.5 Å². The van der Waals surface area contributed by atoms with Crippen LogP contribution in [-0.2, 0) is 0 Å². The van der Waals surface area contributed by atoms with Gasteiger partial charge in [0, 0.05) is 0 Å². The highest BCUT2D eigenvalue weighted by molar-refractivity contribution is 9.10. The van der Waals surface area contributed by atoms with Gasteiger partial charge < -0.3 is 9.84 Å². The molecule has 64 valence electrons. The van der Waals surface area contributed by atoms with Gasteiger partial charge in [0.25, 0.3) is 0 Å². The number of rotatable bonds is 2. The molecule has 0 aliphatic rings. The summed E-state index contributed by atoms with van der Waals surface area (Å²) in [6, 6.07) is 3.16. The second-order valence-corrected chi connectivity index (χ2v) is 2.80. The summed E-state index contributed by atoms with van der Waals surface area (Å²) in [5.74, 6) is -0.848. The van der Waals surface area contributed by atoms with Crippen molar-refractivity contribution >= 4 is 21.9 Å². The number of carbonyl (C=O) groups is 1. The van der Waals surface area contributed by atoms with Crippen LogP contribution in [0.4, 0.5) is 0 Å². The number of hydrogen-bond donors (Lipinski definition) is 1. The van der Waals surface area contributed by atoms with Crippen molar-refractivity contribution in [2.75, 3.05) is 7.11 Å². The van der Waals surface area contributed by atoms with Gasteiger partial charge in [0.1, 0.15) is 4.60 Å². The Morgan fingerprint density at radius 1 is 1.67 bits per heavy atom. The first kappa shape index (κ1) is 8.99. The lowest BCUT2D eigenvalue weighted by atomic mass is 10.3. The average molecular weight is 232 g/mol. The van der Waals surface area contributed by atoms with Crippen LogP contribution in [-0.4, -0.2) is 23.2 Å². The quantitative estimate of drug-likeness (QED) is 0.786. The number of carboxylic acid groups (broad SMARTS) is 1. The maximum atomic E-state index is 10.6. The van der Waals surface area contributed by atoms with Gasteiger partial charge in [-0.25, -0.2) is 9.78 Å². The lowest BCUT2D eigenvalue weighted by Crippen LogP contribution is -2.03. The molecule has 0 spiro atoms. The van der Waals surface area contributed by atoms with Crippen LogP contribution >= 0.6 is 15.9 Å². The standard InChI is InChI=1S/C7H6BrNO3/c1-12-4-2-3-5(8)9-6(4)7(10)11/h2-3H,1H3,(H,10,11). The number of nitrogens with zero attached hydrogens (tertiary/aromatic N) is 1. The topological polar surface area (TPSA) is 59.4 Å². The highest BCUT2D eigenvalue weighted by Gasteiger charge is 2.12. The summed E-state index contributed by atoms with van der Waals surface area (Å²) in [6.07, 6.45) is 0. The number of hydrogen-bond acceptors (Lipinski definition) is 3. The van der Waals surface area contributed by atoms with E-state index in [4.69, 9.17) is 9.84 Å². The summed E-state index contributed by atoms with van der Waals surface area (Å²) in [5.41, 5.74) is -0.0909. The number of aromatic carboxylic acids is 1. The van der Waals surface area contributed by atoms with E-state index in [1.807, 2.05) is 0 Å². The molecule has 0 fully saturated rings. The first-order valence-corrected chi connectivity index (χ1v) is 3.88. The summed E-state index contributed by atoms with van der Waals surface area (Å²) >= 11 is 3.06. The third kappa shape index (κ3) is 1.73. The van der Waals surface area contributed by atoms with E-state index in [0.29, 0.717) is 4.60 Å². The molecule has 0 bridgehead atoms. The van der Waals surface area contributed by atoms with Gasteiger partial charge in [-0.2, -0.15) is 0 Å². The van der Waals surface area contributed by atoms with E-state index >= 15 is 0 Å². The number of halogens is 1. The van der Waals surface area contributed by atoms with Crippen LogP contribution in [0.15, 0.2) is 16.7 Å². The monoisotopic (exact) mass is 231 g/mol. The third-order valence-corrected chi connectivity index (χ3v) is 1.69. The summed E-state index contributed by atoms with van der Waals surface area (Å²) < 4.78 is 5.27. The number of pyridine rings is 1. The molecule has 1 N–H and O–H groups in total. The molecular formula is C7H6BrNO3. The maximum absolute atomic E-state index is 10.6. The minimum atomic E-state index is -1.10. The van der Waals surface area contributed by atoms with Crippen molar-refractivity contribution in [2.24, 2.45) is 0 Å². The van der Waals surface area contributed by atoms with E-state index in [0.717, 1.165) is 0 Å². The van der Waals surface area contributed by atoms with Crippen LogP contribution in [0.2, 0.25) is 0 Å². The van der Waals surface area contributed by atoms with Crippen molar-refractivity contribution in [3.05, 3.63) is 22.4 Å². The normalized spacial score (nSPS) is 9.50. The Balaban J connectivity index is 3.21. The highest BCUT2D eigenvalue weighted by atomic mass is 79.9. The Hall–Kier alpha value is -1.10. The molecule has 0 atom stereocenters. The molecule has 0 saturated heterocycles. The third-order valence-electron chi connectivity index (χ3n) is 1.25. The van der Waals surface area contributed by atoms with E-state index in [2.05, 4.69) is 20.9 Å². The fourth-order valence-electron chi connectivity index (χ4n) is 0.740. The van der Waals surface area contributed by atoms with Gasteiger partial charge in [0.05, 0.1) is 7.11 Å². The molecule has 5 heteroatoms. The smallest absolute Gasteiger partial charge is 0.358 e. The van der Waals surface area contributed by atoms with Gasteiger partial charge in [-0.15, -0.1) is 0 Å². The molecule has 0 aliphatic carbocycles. The van der Waals surface area contributed by atoms with Crippen LogP contribution in [0, 0.1) is 0 Å². The molecule has 0 amide bonds. The van der Waals surface area contributed by atoms with E-state index < -0.39 is 5.97 Å². The molecule has 0 aromatic carbocycles. The van der Waals surface area contributed by atoms with Crippen molar-refractivity contribution in [2.45, 2.75) is 0 Å². The van der Waals surface area contributed by atoms with Crippen LogP contribution in [0.5, 0.6) is 5.75 Å². The number of carboxylic acids is 1. The predicted molar refractivity (Wildman–Crippen MR) is 45.4 cm³/mol. The minimum Gasteiger partial charge on any atom is -0.494 e. The summed E-state index contributed by atoms with van der Waals surface area (Å²) in [6.45, 7) is 0. The average Bonchev–Trinajstić information content (AvgIpc) is 2.04.